The molecule has 0 saturated carbocycles. The van der Waals surface area contributed by atoms with Crippen LogP contribution in [-0.4, -0.2) is 23.5 Å². The minimum atomic E-state index is 0.694. The van der Waals surface area contributed by atoms with Crippen LogP contribution in [0.1, 0.15) is 36.1 Å². The van der Waals surface area contributed by atoms with Crippen molar-refractivity contribution in [1.82, 2.24) is 4.98 Å². The molecule has 0 aromatic carbocycles. The highest BCUT2D eigenvalue weighted by molar-refractivity contribution is 7.98. The summed E-state index contributed by atoms with van der Waals surface area (Å²) < 4.78 is 0. The molecule has 0 radical (unpaired) electrons. The Bertz CT molecular complexity index is 451. The van der Waals surface area contributed by atoms with Gasteiger partial charge in [0.05, 0.1) is 5.56 Å². The molecule has 0 aliphatic heterocycles. The van der Waals surface area contributed by atoms with Gasteiger partial charge in [-0.1, -0.05) is 0 Å². The van der Waals surface area contributed by atoms with E-state index >= 15 is 0 Å². The van der Waals surface area contributed by atoms with Gasteiger partial charge >= 0.3 is 0 Å². The molecule has 0 unspecified atom stereocenters. The number of aryl methyl sites for hydroxylation is 2. The summed E-state index contributed by atoms with van der Waals surface area (Å²) >= 11 is 1.84. The maximum Gasteiger partial charge on any atom is 0.144 e. The SMILES string of the molecule is CSCCCNc1nc2c(cc1C#N)CCCC2. The fraction of sp³-hybridized carbons (Fsp3) is 0.571. The van der Waals surface area contributed by atoms with E-state index in [9.17, 15) is 5.26 Å². The van der Waals surface area contributed by atoms with Crippen molar-refractivity contribution in [3.05, 3.63) is 22.9 Å². The van der Waals surface area contributed by atoms with Crippen LogP contribution in [0.3, 0.4) is 0 Å². The molecule has 0 spiro atoms. The normalized spacial score (nSPS) is 13.8. The fourth-order valence-corrected chi connectivity index (χ4v) is 2.71. The van der Waals surface area contributed by atoms with Crippen LogP contribution in [0, 0.1) is 11.3 Å². The summed E-state index contributed by atoms with van der Waals surface area (Å²) in [4.78, 5) is 4.64. The number of nitrogens with zero attached hydrogens (tertiary/aromatic N) is 2. The maximum absolute atomic E-state index is 9.19. The van der Waals surface area contributed by atoms with Crippen LogP contribution >= 0.6 is 11.8 Å². The number of aromatic nitrogens is 1. The molecule has 3 nitrogen and oxygen atoms in total. The third-order valence-electron chi connectivity index (χ3n) is 3.24. The molecule has 0 amide bonds. The first-order chi connectivity index (χ1) is 8.85. The second-order valence-electron chi connectivity index (χ2n) is 4.58. The van der Waals surface area contributed by atoms with Gasteiger partial charge in [-0.2, -0.15) is 17.0 Å². The van der Waals surface area contributed by atoms with Crippen molar-refractivity contribution in [2.24, 2.45) is 0 Å². The zero-order valence-corrected chi connectivity index (χ0v) is 11.6. The van der Waals surface area contributed by atoms with E-state index in [1.807, 2.05) is 17.8 Å². The van der Waals surface area contributed by atoms with E-state index in [4.69, 9.17) is 0 Å². The lowest BCUT2D eigenvalue weighted by Gasteiger charge is -2.17. The van der Waals surface area contributed by atoms with Gasteiger partial charge < -0.3 is 5.32 Å². The highest BCUT2D eigenvalue weighted by atomic mass is 32.2. The van der Waals surface area contributed by atoms with Crippen molar-refractivity contribution >= 4 is 17.6 Å². The number of nitriles is 1. The van der Waals surface area contributed by atoms with Gasteiger partial charge in [0.15, 0.2) is 0 Å². The summed E-state index contributed by atoms with van der Waals surface area (Å²) in [5.41, 5.74) is 3.15. The molecule has 18 heavy (non-hydrogen) atoms. The average Bonchev–Trinajstić information content (AvgIpc) is 2.42. The number of hydrogen-bond donors (Lipinski definition) is 1. The van der Waals surface area contributed by atoms with Crippen LogP contribution < -0.4 is 5.32 Å². The van der Waals surface area contributed by atoms with Gasteiger partial charge in [0.1, 0.15) is 11.9 Å². The number of rotatable bonds is 5. The summed E-state index contributed by atoms with van der Waals surface area (Å²) in [5.74, 6) is 1.92. The minimum Gasteiger partial charge on any atom is -0.369 e. The molecule has 1 aliphatic rings. The number of nitrogens with one attached hydrogen (secondary N) is 1. The van der Waals surface area contributed by atoms with E-state index < -0.39 is 0 Å². The molecule has 0 fully saturated rings. The Hall–Kier alpha value is -1.21. The van der Waals surface area contributed by atoms with E-state index in [1.54, 1.807) is 0 Å². The van der Waals surface area contributed by atoms with Crippen LogP contribution in [0.2, 0.25) is 0 Å². The summed E-state index contributed by atoms with van der Waals surface area (Å²) in [5, 5.41) is 12.5. The van der Waals surface area contributed by atoms with Crippen LogP contribution in [0.25, 0.3) is 0 Å². The lowest BCUT2D eigenvalue weighted by atomic mass is 9.95. The van der Waals surface area contributed by atoms with E-state index in [0.29, 0.717) is 5.56 Å². The predicted molar refractivity (Wildman–Crippen MR) is 77.1 cm³/mol. The molecule has 1 N–H and O–H groups in total. The third kappa shape index (κ3) is 3.17. The molecular weight excluding hydrogens is 242 g/mol. The Morgan fingerprint density at radius 1 is 1.44 bits per heavy atom. The van der Waals surface area contributed by atoms with Crippen LogP contribution in [0.15, 0.2) is 6.07 Å². The maximum atomic E-state index is 9.19. The molecule has 0 bridgehead atoms. The smallest absolute Gasteiger partial charge is 0.144 e. The van der Waals surface area contributed by atoms with Gasteiger partial charge in [0.2, 0.25) is 0 Å². The summed E-state index contributed by atoms with van der Waals surface area (Å²) in [6.07, 6.45) is 7.78. The van der Waals surface area contributed by atoms with Gasteiger partial charge in [-0.05, 0) is 55.7 Å². The topological polar surface area (TPSA) is 48.7 Å². The number of hydrogen-bond acceptors (Lipinski definition) is 4. The Morgan fingerprint density at radius 2 is 2.28 bits per heavy atom. The second-order valence-corrected chi connectivity index (χ2v) is 5.57. The Morgan fingerprint density at radius 3 is 3.06 bits per heavy atom. The first-order valence-corrected chi connectivity index (χ1v) is 7.90. The molecule has 0 atom stereocenters. The number of thioether (sulfide) groups is 1. The standard InChI is InChI=1S/C14H19N3S/c1-18-8-4-7-16-14-12(10-15)9-11-5-2-3-6-13(11)17-14/h9H,2-8H2,1H3,(H,16,17). The highest BCUT2D eigenvalue weighted by Gasteiger charge is 2.14. The highest BCUT2D eigenvalue weighted by Crippen LogP contribution is 2.24. The van der Waals surface area contributed by atoms with E-state index in [0.717, 1.165) is 37.4 Å². The van der Waals surface area contributed by atoms with Gasteiger partial charge in [-0.25, -0.2) is 4.98 Å². The molecule has 0 saturated heterocycles. The monoisotopic (exact) mass is 261 g/mol. The molecule has 1 aliphatic carbocycles. The minimum absolute atomic E-state index is 0.694. The summed E-state index contributed by atoms with van der Waals surface area (Å²) in [6.45, 7) is 0.890. The Balaban J connectivity index is 2.11. The van der Waals surface area contributed by atoms with E-state index in [1.165, 1.54) is 24.1 Å². The first kappa shape index (κ1) is 13.2. The molecule has 1 heterocycles. The van der Waals surface area contributed by atoms with Gasteiger partial charge in [0, 0.05) is 12.2 Å². The number of fused-ring (bicyclic) bond motifs is 1. The summed E-state index contributed by atoms with van der Waals surface area (Å²) in [6, 6.07) is 4.28. The Labute approximate surface area is 113 Å². The van der Waals surface area contributed by atoms with Crippen molar-refractivity contribution in [3.63, 3.8) is 0 Å². The zero-order chi connectivity index (χ0) is 12.8. The van der Waals surface area contributed by atoms with E-state index in [-0.39, 0.29) is 0 Å². The first-order valence-electron chi connectivity index (χ1n) is 6.51. The molecule has 4 heteroatoms. The largest absolute Gasteiger partial charge is 0.369 e. The van der Waals surface area contributed by atoms with Gasteiger partial charge in [0.25, 0.3) is 0 Å². The lowest BCUT2D eigenvalue weighted by Crippen LogP contribution is -2.11. The zero-order valence-electron chi connectivity index (χ0n) is 10.8. The van der Waals surface area contributed by atoms with Crippen molar-refractivity contribution in [2.75, 3.05) is 23.9 Å². The van der Waals surface area contributed by atoms with Crippen LogP contribution in [-0.2, 0) is 12.8 Å². The fourth-order valence-electron chi connectivity index (χ4n) is 2.28. The van der Waals surface area contributed by atoms with Crippen LogP contribution in [0.4, 0.5) is 5.82 Å². The Kier molecular flexibility index (Phi) is 4.89. The van der Waals surface area contributed by atoms with Gasteiger partial charge in [-0.15, -0.1) is 0 Å². The summed E-state index contributed by atoms with van der Waals surface area (Å²) in [7, 11) is 0. The van der Waals surface area contributed by atoms with Crippen molar-refractivity contribution in [3.8, 4) is 6.07 Å². The van der Waals surface area contributed by atoms with Gasteiger partial charge in [-0.3, -0.25) is 0 Å². The second kappa shape index (κ2) is 6.65. The van der Waals surface area contributed by atoms with Crippen molar-refractivity contribution < 1.29 is 0 Å². The molecule has 2 rings (SSSR count). The third-order valence-corrected chi connectivity index (χ3v) is 3.94. The molecule has 1 aromatic rings. The molecule has 1 aromatic heterocycles. The van der Waals surface area contributed by atoms with Crippen molar-refractivity contribution in [2.45, 2.75) is 32.1 Å². The number of anilines is 1. The molecule has 96 valence electrons. The predicted octanol–water partition coefficient (Wildman–Crippen LogP) is 3.00. The quantitative estimate of drug-likeness (QED) is 0.828. The van der Waals surface area contributed by atoms with Crippen molar-refractivity contribution in [1.29, 1.82) is 5.26 Å². The van der Waals surface area contributed by atoms with E-state index in [2.05, 4.69) is 22.6 Å². The average molecular weight is 261 g/mol. The number of pyridine rings is 1. The lowest BCUT2D eigenvalue weighted by molar-refractivity contribution is 0.668. The molecular formula is C14H19N3S. The van der Waals surface area contributed by atoms with Crippen LogP contribution in [0.5, 0.6) is 0 Å².